The third-order valence-electron chi connectivity index (χ3n) is 6.12. The molecule has 1 saturated heterocycles. The molecule has 0 aromatic carbocycles. The molecule has 3 rings (SSSR count). The zero-order chi connectivity index (χ0) is 22.8. The Morgan fingerprint density at radius 1 is 1.13 bits per heavy atom. The predicted molar refractivity (Wildman–Crippen MR) is 113 cm³/mol. The van der Waals surface area contributed by atoms with Gasteiger partial charge in [-0.3, -0.25) is 9.69 Å². The van der Waals surface area contributed by atoms with Crippen LogP contribution in [0.1, 0.15) is 70.4 Å². The van der Waals surface area contributed by atoms with Gasteiger partial charge in [0.2, 0.25) is 0 Å². The highest BCUT2D eigenvalue weighted by Crippen LogP contribution is 2.34. The monoisotopic (exact) mass is 434 g/mol. The van der Waals surface area contributed by atoms with E-state index in [9.17, 15) is 14.4 Å². The zero-order valence-electron chi connectivity index (χ0n) is 19.1. The van der Waals surface area contributed by atoms with Gasteiger partial charge in [-0.15, -0.1) is 0 Å². The molecule has 8 heteroatoms. The number of rotatable bonds is 4. The number of ether oxygens (including phenoxy) is 2. The minimum atomic E-state index is -0.792. The van der Waals surface area contributed by atoms with E-state index in [1.807, 2.05) is 4.90 Å². The smallest absolute Gasteiger partial charge is 0.411 e. The van der Waals surface area contributed by atoms with Crippen molar-refractivity contribution in [2.24, 2.45) is 5.92 Å². The van der Waals surface area contributed by atoms with Crippen molar-refractivity contribution in [3.8, 4) is 0 Å². The lowest BCUT2D eigenvalue weighted by Gasteiger charge is -2.39. The van der Waals surface area contributed by atoms with Gasteiger partial charge < -0.3 is 18.8 Å². The predicted octanol–water partition coefficient (Wildman–Crippen LogP) is 3.85. The Balaban J connectivity index is 1.88. The number of carbonyl (C=O) groups excluding carboxylic acids is 3. The van der Waals surface area contributed by atoms with Crippen LogP contribution in [0.2, 0.25) is 0 Å². The van der Waals surface area contributed by atoms with E-state index in [-0.39, 0.29) is 30.3 Å². The molecule has 2 aliphatic rings. The number of nitrogens with zero attached hydrogens (tertiary/aromatic N) is 2. The quantitative estimate of drug-likeness (QED) is 0.669. The second-order valence-electron chi connectivity index (χ2n) is 9.66. The molecule has 31 heavy (non-hydrogen) atoms. The summed E-state index contributed by atoms with van der Waals surface area (Å²) in [6, 6.07) is 2.26. The van der Waals surface area contributed by atoms with Crippen molar-refractivity contribution in [3.05, 3.63) is 24.2 Å². The maximum Gasteiger partial charge on any atom is 0.411 e. The van der Waals surface area contributed by atoms with Crippen LogP contribution in [0.4, 0.5) is 4.79 Å². The lowest BCUT2D eigenvalue weighted by atomic mass is 9.85. The molecule has 0 radical (unpaired) electrons. The number of likely N-dealkylation sites (tertiary alicyclic amines) is 1. The van der Waals surface area contributed by atoms with E-state index in [2.05, 4.69) is 6.92 Å². The molecule has 1 aliphatic carbocycles. The highest BCUT2D eigenvalue weighted by molar-refractivity contribution is 5.92. The Hall–Kier alpha value is -2.51. The van der Waals surface area contributed by atoms with Gasteiger partial charge in [-0.25, -0.2) is 9.59 Å². The second kappa shape index (κ2) is 9.32. The fraction of sp³-hybridized carbons (Fsp3) is 0.696. The number of furan rings is 1. The Morgan fingerprint density at radius 2 is 1.81 bits per heavy atom. The first-order chi connectivity index (χ1) is 14.6. The summed E-state index contributed by atoms with van der Waals surface area (Å²) in [7, 11) is 1.30. The standard InChI is InChI=1S/C23H34N2O6/c1-15-8-10-16(11-9-15)25(20(26)19-7-6-12-30-19)17-13-18(21(27)29-5)24(14-17)22(28)31-23(2,3)4/h6-7,12,15-18H,8-11,13-14H2,1-5H3/t15-,16+,17-,18-/m0/s1. The molecular weight excluding hydrogens is 400 g/mol. The summed E-state index contributed by atoms with van der Waals surface area (Å²) < 4.78 is 15.9. The van der Waals surface area contributed by atoms with E-state index in [0.717, 1.165) is 25.7 Å². The van der Waals surface area contributed by atoms with Gasteiger partial charge >= 0.3 is 12.1 Å². The molecule has 1 saturated carbocycles. The zero-order valence-corrected chi connectivity index (χ0v) is 19.1. The normalized spacial score (nSPS) is 26.4. The second-order valence-corrected chi connectivity index (χ2v) is 9.66. The SMILES string of the molecule is COC(=O)[C@@H]1C[C@H](N(C(=O)c2ccco2)[C@H]2CC[C@@H](C)CC2)CN1C(=O)OC(C)(C)C. The topological polar surface area (TPSA) is 89.3 Å². The number of hydrogen-bond donors (Lipinski definition) is 0. The van der Waals surface area contributed by atoms with Crippen LogP contribution >= 0.6 is 0 Å². The summed E-state index contributed by atoms with van der Waals surface area (Å²) >= 11 is 0. The van der Waals surface area contributed by atoms with Crippen molar-refractivity contribution in [1.82, 2.24) is 9.80 Å². The van der Waals surface area contributed by atoms with Crippen LogP contribution in [0.25, 0.3) is 0 Å². The molecule has 2 atom stereocenters. The Morgan fingerprint density at radius 3 is 2.35 bits per heavy atom. The van der Waals surface area contributed by atoms with E-state index in [4.69, 9.17) is 13.9 Å². The number of methoxy groups -OCH3 is 1. The largest absolute Gasteiger partial charge is 0.467 e. The maximum absolute atomic E-state index is 13.4. The highest BCUT2D eigenvalue weighted by atomic mass is 16.6. The maximum atomic E-state index is 13.4. The molecule has 1 aromatic heterocycles. The van der Waals surface area contributed by atoms with Crippen LogP contribution < -0.4 is 0 Å². The van der Waals surface area contributed by atoms with E-state index in [1.54, 1.807) is 32.9 Å². The third-order valence-corrected chi connectivity index (χ3v) is 6.12. The summed E-state index contributed by atoms with van der Waals surface area (Å²) in [5.74, 6) is 0.186. The first-order valence-corrected chi connectivity index (χ1v) is 11.0. The van der Waals surface area contributed by atoms with Crippen molar-refractivity contribution in [2.45, 2.75) is 83.5 Å². The number of amides is 2. The first kappa shape index (κ1) is 23.2. The average molecular weight is 435 g/mol. The van der Waals surface area contributed by atoms with Gasteiger partial charge in [0.25, 0.3) is 5.91 Å². The Labute approximate surface area is 183 Å². The molecular formula is C23H34N2O6. The molecule has 172 valence electrons. The first-order valence-electron chi connectivity index (χ1n) is 11.0. The van der Waals surface area contributed by atoms with Gasteiger partial charge in [0, 0.05) is 19.0 Å². The van der Waals surface area contributed by atoms with Gasteiger partial charge in [-0.2, -0.15) is 0 Å². The Kier molecular flexibility index (Phi) is 6.96. The van der Waals surface area contributed by atoms with Gasteiger partial charge in [0.15, 0.2) is 5.76 Å². The van der Waals surface area contributed by atoms with Crippen LogP contribution in [-0.2, 0) is 14.3 Å². The number of carbonyl (C=O) groups is 3. The summed E-state index contributed by atoms with van der Waals surface area (Å²) in [6.45, 7) is 7.78. The molecule has 0 unspecified atom stereocenters. The van der Waals surface area contributed by atoms with E-state index < -0.39 is 23.7 Å². The van der Waals surface area contributed by atoms with Gasteiger partial charge in [-0.1, -0.05) is 6.92 Å². The minimum Gasteiger partial charge on any atom is -0.467 e. The molecule has 1 aliphatic heterocycles. The lowest BCUT2D eigenvalue weighted by Crippen LogP contribution is -2.50. The number of esters is 1. The highest BCUT2D eigenvalue weighted by Gasteiger charge is 2.47. The van der Waals surface area contributed by atoms with Crippen LogP contribution in [0.3, 0.4) is 0 Å². The molecule has 0 spiro atoms. The van der Waals surface area contributed by atoms with E-state index in [0.29, 0.717) is 12.3 Å². The fourth-order valence-electron chi connectivity index (χ4n) is 4.58. The number of hydrogen-bond acceptors (Lipinski definition) is 6. The average Bonchev–Trinajstić information content (AvgIpc) is 3.38. The molecule has 2 fully saturated rings. The van der Waals surface area contributed by atoms with Crippen molar-refractivity contribution >= 4 is 18.0 Å². The van der Waals surface area contributed by atoms with Crippen LogP contribution in [0.5, 0.6) is 0 Å². The summed E-state index contributed by atoms with van der Waals surface area (Å²) in [6.07, 6.45) is 5.06. The van der Waals surface area contributed by atoms with Crippen molar-refractivity contribution < 1.29 is 28.3 Å². The molecule has 0 N–H and O–H groups in total. The Bertz CT molecular complexity index is 776. The van der Waals surface area contributed by atoms with Crippen molar-refractivity contribution in [1.29, 1.82) is 0 Å². The third kappa shape index (κ3) is 5.40. The summed E-state index contributed by atoms with van der Waals surface area (Å²) in [5, 5.41) is 0. The van der Waals surface area contributed by atoms with Crippen molar-refractivity contribution in [3.63, 3.8) is 0 Å². The van der Waals surface area contributed by atoms with Crippen molar-refractivity contribution in [2.75, 3.05) is 13.7 Å². The molecule has 2 amide bonds. The van der Waals surface area contributed by atoms with Gasteiger partial charge in [-0.05, 0) is 64.5 Å². The molecule has 2 heterocycles. The van der Waals surface area contributed by atoms with Gasteiger partial charge in [0.05, 0.1) is 19.4 Å². The molecule has 1 aromatic rings. The van der Waals surface area contributed by atoms with E-state index in [1.165, 1.54) is 18.3 Å². The summed E-state index contributed by atoms with van der Waals surface area (Å²) in [4.78, 5) is 42.0. The summed E-state index contributed by atoms with van der Waals surface area (Å²) in [5.41, 5.74) is -0.695. The fourth-order valence-corrected chi connectivity index (χ4v) is 4.58. The molecule has 0 bridgehead atoms. The van der Waals surface area contributed by atoms with Crippen LogP contribution in [0, 0.1) is 5.92 Å². The van der Waals surface area contributed by atoms with E-state index >= 15 is 0 Å². The minimum absolute atomic E-state index is 0.0377. The lowest BCUT2D eigenvalue weighted by molar-refractivity contribution is -0.145. The van der Waals surface area contributed by atoms with Gasteiger partial charge in [0.1, 0.15) is 11.6 Å². The molecule has 8 nitrogen and oxygen atoms in total. The van der Waals surface area contributed by atoms with Crippen LogP contribution in [0.15, 0.2) is 22.8 Å². The van der Waals surface area contributed by atoms with Crippen LogP contribution in [-0.4, -0.2) is 65.2 Å².